The molecule has 3 nitrogen and oxygen atoms in total. The Bertz CT molecular complexity index is 4090. The number of rotatable bonds is 6. The molecule has 2 aliphatic carbocycles. The second kappa shape index (κ2) is 14.9. The van der Waals surface area contributed by atoms with E-state index in [9.17, 15) is 0 Å². The minimum absolute atomic E-state index is 0.481. The Balaban J connectivity index is 0.968. The normalized spacial score (nSPS) is 13.0. The van der Waals surface area contributed by atoms with Crippen LogP contribution < -0.4 is 4.90 Å². The van der Waals surface area contributed by atoms with Crippen molar-refractivity contribution in [3.63, 3.8) is 0 Å². The molecular formula is C67H41NO2. The minimum atomic E-state index is -0.481. The summed E-state index contributed by atoms with van der Waals surface area (Å²) in [6.07, 6.45) is 0. The van der Waals surface area contributed by atoms with Gasteiger partial charge in [0.15, 0.2) is 0 Å². The topological polar surface area (TPSA) is 29.5 Å². The van der Waals surface area contributed by atoms with Gasteiger partial charge in [-0.05, 0) is 121 Å². The maximum atomic E-state index is 7.39. The van der Waals surface area contributed by atoms with Crippen molar-refractivity contribution in [1.82, 2.24) is 0 Å². The molecule has 0 fully saturated rings. The van der Waals surface area contributed by atoms with Crippen LogP contribution in [-0.4, -0.2) is 0 Å². The lowest BCUT2D eigenvalue weighted by molar-refractivity contribution is 0.664. The minimum Gasteiger partial charge on any atom is -0.456 e. The van der Waals surface area contributed by atoms with E-state index in [0.29, 0.717) is 0 Å². The van der Waals surface area contributed by atoms with E-state index in [-0.39, 0.29) is 0 Å². The third kappa shape index (κ3) is 5.46. The van der Waals surface area contributed by atoms with Gasteiger partial charge in [-0.25, -0.2) is 0 Å². The maximum Gasteiger partial charge on any atom is 0.144 e. The third-order valence-corrected chi connectivity index (χ3v) is 15.1. The van der Waals surface area contributed by atoms with Crippen molar-refractivity contribution in [3.05, 3.63) is 271 Å². The van der Waals surface area contributed by atoms with Crippen LogP contribution in [0.3, 0.4) is 0 Å². The van der Waals surface area contributed by atoms with Crippen LogP contribution in [0.5, 0.6) is 0 Å². The van der Waals surface area contributed by atoms with Gasteiger partial charge in [0.25, 0.3) is 0 Å². The molecule has 3 heteroatoms. The summed E-state index contributed by atoms with van der Waals surface area (Å²) in [5.41, 5.74) is 23.1. The van der Waals surface area contributed by atoms with Crippen LogP contribution >= 0.6 is 0 Å². The van der Waals surface area contributed by atoms with Crippen molar-refractivity contribution in [3.8, 4) is 55.6 Å². The van der Waals surface area contributed by atoms with Gasteiger partial charge in [-0.2, -0.15) is 0 Å². The van der Waals surface area contributed by atoms with Crippen LogP contribution in [0, 0.1) is 0 Å². The highest BCUT2D eigenvalue weighted by Gasteiger charge is 2.52. The van der Waals surface area contributed by atoms with Gasteiger partial charge in [-0.3, -0.25) is 0 Å². The highest BCUT2D eigenvalue weighted by atomic mass is 16.3. The molecule has 326 valence electrons. The summed E-state index contributed by atoms with van der Waals surface area (Å²) in [7, 11) is 0. The van der Waals surface area contributed by atoms with Crippen molar-refractivity contribution in [2.75, 3.05) is 4.90 Å². The van der Waals surface area contributed by atoms with Crippen LogP contribution in [0.4, 0.5) is 17.1 Å². The van der Waals surface area contributed by atoms with Crippen LogP contribution in [0.25, 0.3) is 99.5 Å². The van der Waals surface area contributed by atoms with Crippen molar-refractivity contribution < 1.29 is 8.83 Å². The first-order chi connectivity index (χ1) is 34.7. The second-order valence-corrected chi connectivity index (χ2v) is 18.7. The van der Waals surface area contributed by atoms with Gasteiger partial charge in [0.2, 0.25) is 0 Å². The first kappa shape index (κ1) is 38.9. The van der Waals surface area contributed by atoms with Crippen LogP contribution in [-0.2, 0) is 5.41 Å². The number of hydrogen-bond acceptors (Lipinski definition) is 3. The lowest BCUT2D eigenvalue weighted by Crippen LogP contribution is -2.25. The summed E-state index contributed by atoms with van der Waals surface area (Å²) in [4.78, 5) is 2.33. The Morgan fingerprint density at radius 1 is 0.286 bits per heavy atom. The first-order valence-corrected chi connectivity index (χ1v) is 24.1. The monoisotopic (exact) mass is 891 g/mol. The van der Waals surface area contributed by atoms with E-state index in [1.165, 1.54) is 66.8 Å². The van der Waals surface area contributed by atoms with E-state index in [0.717, 1.165) is 72.1 Å². The van der Waals surface area contributed by atoms with E-state index in [2.05, 4.69) is 254 Å². The molecule has 2 aromatic heterocycles. The predicted octanol–water partition coefficient (Wildman–Crippen LogP) is 18.3. The number of benzene rings is 11. The Kier molecular flexibility index (Phi) is 8.28. The number of nitrogens with zero attached hydrogens (tertiary/aromatic N) is 1. The quantitative estimate of drug-likeness (QED) is 0.167. The number of fused-ring (bicyclic) bond motifs is 16. The van der Waals surface area contributed by atoms with Crippen LogP contribution in [0.1, 0.15) is 22.3 Å². The third-order valence-electron chi connectivity index (χ3n) is 15.1. The molecule has 1 spiro atoms. The summed E-state index contributed by atoms with van der Waals surface area (Å²) >= 11 is 0. The SMILES string of the molecule is c1ccc(-c2ccc(N(c3ccc(-c4ccccc4)cc3)c3ccc4c(c3)oc3c(-c5cccc6c5-c5ccccc5C65c6ccccc6-c6ccccc65)c5c(cc34)oc3ccccc35)cc2)cc1. The molecule has 0 saturated carbocycles. The van der Waals surface area contributed by atoms with E-state index in [1.807, 2.05) is 0 Å². The molecule has 70 heavy (non-hydrogen) atoms. The molecule has 13 aromatic rings. The fraction of sp³-hybridized carbons (Fsp3) is 0.0149. The Morgan fingerprint density at radius 3 is 1.43 bits per heavy atom. The average molecular weight is 892 g/mol. The molecule has 2 heterocycles. The van der Waals surface area contributed by atoms with E-state index in [4.69, 9.17) is 8.83 Å². The zero-order valence-electron chi connectivity index (χ0n) is 37.9. The number of anilines is 3. The molecule has 0 radical (unpaired) electrons. The van der Waals surface area contributed by atoms with Crippen LogP contribution in [0.15, 0.2) is 258 Å². The summed E-state index contributed by atoms with van der Waals surface area (Å²) in [6.45, 7) is 0. The number of para-hydroxylation sites is 1. The van der Waals surface area contributed by atoms with E-state index < -0.39 is 5.41 Å². The molecule has 15 rings (SSSR count). The summed E-state index contributed by atoms with van der Waals surface area (Å²) < 4.78 is 14.2. The van der Waals surface area contributed by atoms with E-state index in [1.54, 1.807) is 0 Å². The van der Waals surface area contributed by atoms with Gasteiger partial charge in [-0.15, -0.1) is 0 Å². The highest BCUT2D eigenvalue weighted by Crippen LogP contribution is 2.64. The predicted molar refractivity (Wildman–Crippen MR) is 288 cm³/mol. The Hall–Kier alpha value is -9.18. The molecule has 0 atom stereocenters. The fourth-order valence-electron chi connectivity index (χ4n) is 12.2. The molecule has 0 bridgehead atoms. The van der Waals surface area contributed by atoms with Gasteiger partial charge < -0.3 is 13.7 Å². The zero-order chi connectivity index (χ0) is 45.9. The van der Waals surface area contributed by atoms with Gasteiger partial charge in [0.05, 0.1) is 5.41 Å². The Morgan fingerprint density at radius 2 is 0.786 bits per heavy atom. The molecule has 2 aliphatic rings. The molecule has 0 aliphatic heterocycles. The second-order valence-electron chi connectivity index (χ2n) is 18.7. The molecular weight excluding hydrogens is 851 g/mol. The lowest BCUT2D eigenvalue weighted by Gasteiger charge is -2.30. The van der Waals surface area contributed by atoms with Gasteiger partial charge >= 0.3 is 0 Å². The zero-order valence-corrected chi connectivity index (χ0v) is 37.9. The highest BCUT2D eigenvalue weighted by molar-refractivity contribution is 6.25. The summed E-state index contributed by atoms with van der Waals surface area (Å²) in [6, 6.07) is 90.1. The molecule has 11 aromatic carbocycles. The van der Waals surface area contributed by atoms with Gasteiger partial charge in [0, 0.05) is 50.2 Å². The molecule has 0 amide bonds. The van der Waals surface area contributed by atoms with E-state index >= 15 is 0 Å². The number of hydrogen-bond donors (Lipinski definition) is 0. The lowest BCUT2D eigenvalue weighted by atomic mass is 9.70. The summed E-state index contributed by atoms with van der Waals surface area (Å²) in [5.74, 6) is 0. The van der Waals surface area contributed by atoms with Gasteiger partial charge in [0.1, 0.15) is 22.3 Å². The molecule has 0 unspecified atom stereocenters. The molecule has 0 saturated heterocycles. The van der Waals surface area contributed by atoms with Crippen molar-refractivity contribution in [1.29, 1.82) is 0 Å². The first-order valence-electron chi connectivity index (χ1n) is 24.1. The standard InChI is InChI=1S/C67H41NO2/c1-3-16-42(17-4-1)44-30-34-46(35-31-44)68(47-36-32-45(33-37-47)43-18-5-2-6-19-43)48-38-39-51-55-41-62-64(53-23-10-14-29-60(53)69-62)65(66(55)70-61(51)40-48)54-24-15-28-59-63(54)52-22-9-13-27-58(52)67(59)56-25-11-7-20-49(56)50-21-8-12-26-57(50)67/h1-41H. The van der Waals surface area contributed by atoms with Crippen molar-refractivity contribution in [2.45, 2.75) is 5.41 Å². The largest absolute Gasteiger partial charge is 0.456 e. The molecule has 0 N–H and O–H groups in total. The van der Waals surface area contributed by atoms with Crippen molar-refractivity contribution in [2.24, 2.45) is 0 Å². The average Bonchev–Trinajstić information content (AvgIpc) is 4.17. The fourth-order valence-corrected chi connectivity index (χ4v) is 12.2. The number of furan rings is 2. The van der Waals surface area contributed by atoms with Crippen LogP contribution in [0.2, 0.25) is 0 Å². The van der Waals surface area contributed by atoms with Gasteiger partial charge in [-0.1, -0.05) is 194 Å². The smallest absolute Gasteiger partial charge is 0.144 e. The summed E-state index contributed by atoms with van der Waals surface area (Å²) in [5, 5.41) is 4.17. The Labute approximate surface area is 404 Å². The van der Waals surface area contributed by atoms with Crippen molar-refractivity contribution >= 4 is 60.9 Å². The maximum absolute atomic E-state index is 7.39.